The number of rotatable bonds is 0. The average Bonchev–Trinajstić information content (AvgIpc) is 3.22. The van der Waals surface area contributed by atoms with Crippen molar-refractivity contribution in [2.45, 2.75) is 151 Å². The van der Waals surface area contributed by atoms with Gasteiger partial charge in [-0.3, -0.25) is 0 Å². The molecule has 0 bridgehead atoms. The van der Waals surface area contributed by atoms with Crippen molar-refractivity contribution in [2.75, 3.05) is 0 Å². The maximum Gasteiger partial charge on any atom is -0.0590 e. The molecule has 0 unspecified atom stereocenters. The van der Waals surface area contributed by atoms with E-state index in [9.17, 15) is 0 Å². The van der Waals surface area contributed by atoms with Crippen molar-refractivity contribution in [3.8, 4) is 0 Å². The van der Waals surface area contributed by atoms with Crippen LogP contribution in [0.1, 0.15) is 151 Å². The summed E-state index contributed by atoms with van der Waals surface area (Å²) in [5.74, 6) is 0. The summed E-state index contributed by atoms with van der Waals surface area (Å²) in [4.78, 5) is 0. The van der Waals surface area contributed by atoms with Crippen LogP contribution in [-0.4, -0.2) is 0 Å². The predicted octanol–water partition coefficient (Wildman–Crippen LogP) is 17.8. The summed E-state index contributed by atoms with van der Waals surface area (Å²) in [7, 11) is 0. The van der Waals surface area contributed by atoms with E-state index in [1.807, 2.05) is 256 Å². The summed E-state index contributed by atoms with van der Waals surface area (Å²) >= 11 is 0. The van der Waals surface area contributed by atoms with Crippen molar-refractivity contribution >= 4 is 0 Å². The summed E-state index contributed by atoms with van der Waals surface area (Å²) in [5.41, 5.74) is 0. The van der Waals surface area contributed by atoms with Crippen molar-refractivity contribution in [1.29, 1.82) is 0 Å². The lowest BCUT2D eigenvalue weighted by atomic mass is 10.4. The van der Waals surface area contributed by atoms with Gasteiger partial charge in [0.2, 0.25) is 0 Å². The van der Waals surface area contributed by atoms with Gasteiger partial charge in [-0.15, -0.1) is 0 Å². The molecule has 0 N–H and O–H groups in total. The van der Waals surface area contributed by atoms with Crippen molar-refractivity contribution in [2.24, 2.45) is 0 Å². The second-order valence-electron chi connectivity index (χ2n) is 6.03. The molecule has 4 rings (SSSR count). The highest BCUT2D eigenvalue weighted by molar-refractivity contribution is 5.00. The largest absolute Gasteiger partial charge is 0.0683 e. The molecule has 0 aliphatic rings. The summed E-state index contributed by atoms with van der Waals surface area (Å²) in [6, 6.07) is 48.0. The van der Waals surface area contributed by atoms with Gasteiger partial charge in [0.15, 0.2) is 0 Å². The van der Waals surface area contributed by atoms with E-state index in [1.54, 1.807) is 0 Å². The average molecular weight is 641 g/mol. The second kappa shape index (κ2) is 134. The van der Waals surface area contributed by atoms with Crippen LogP contribution < -0.4 is 0 Å². The third kappa shape index (κ3) is 149. The molecule has 0 atom stereocenters. The first-order valence-electron chi connectivity index (χ1n) is 18.8. The second-order valence-corrected chi connectivity index (χ2v) is 6.03. The van der Waals surface area contributed by atoms with Gasteiger partial charge in [-0.05, 0) is 0 Å². The van der Waals surface area contributed by atoms with Gasteiger partial charge < -0.3 is 0 Å². The molecule has 0 nitrogen and oxygen atoms in total. The molecule has 0 aliphatic heterocycles. The van der Waals surface area contributed by atoms with E-state index in [1.165, 1.54) is 12.8 Å². The highest BCUT2D eigenvalue weighted by Gasteiger charge is 1.59. The van der Waals surface area contributed by atoms with Gasteiger partial charge in [-0.2, -0.15) is 0 Å². The van der Waals surface area contributed by atoms with Crippen LogP contribution in [0.25, 0.3) is 0 Å². The summed E-state index contributed by atoms with van der Waals surface area (Å²) in [5, 5.41) is 0. The lowest BCUT2D eigenvalue weighted by molar-refractivity contribution is 1.09. The first-order chi connectivity index (χ1) is 22.8. The zero-order valence-electron chi connectivity index (χ0n) is 35.3. The molecule has 4 aromatic rings. The fourth-order valence-corrected chi connectivity index (χ4v) is 1.54. The number of benzene rings is 4. The molecule has 0 heterocycles. The highest BCUT2D eigenvalue weighted by atomic mass is 13.7. The standard InChI is InChI=1S/4C6H6.2C3H8.8C2H6/c4*1-2-4-6-5-3-1;2*1-3-2;8*1-2/h4*1-6H;2*3H2,1-2H3;8*1-2H3. The molecule has 46 heavy (non-hydrogen) atoms. The first kappa shape index (κ1) is 69.6. The van der Waals surface area contributed by atoms with Gasteiger partial charge in [0.25, 0.3) is 0 Å². The van der Waals surface area contributed by atoms with Gasteiger partial charge in [-0.1, -0.05) is 297 Å². The van der Waals surface area contributed by atoms with E-state index in [-0.39, 0.29) is 0 Å². The maximum atomic E-state index is 2.12. The van der Waals surface area contributed by atoms with Gasteiger partial charge in [0.05, 0.1) is 0 Å². The van der Waals surface area contributed by atoms with Gasteiger partial charge in [0.1, 0.15) is 0 Å². The van der Waals surface area contributed by atoms with E-state index in [2.05, 4.69) is 27.7 Å². The van der Waals surface area contributed by atoms with E-state index < -0.39 is 0 Å². The van der Waals surface area contributed by atoms with E-state index in [0.29, 0.717) is 0 Å². The van der Waals surface area contributed by atoms with Gasteiger partial charge >= 0.3 is 0 Å². The Hall–Kier alpha value is -3.12. The monoisotopic (exact) mass is 641 g/mol. The molecule has 0 fully saturated rings. The fourth-order valence-electron chi connectivity index (χ4n) is 1.54. The molecule has 0 aliphatic carbocycles. The minimum absolute atomic E-state index is 1.25. The molecule has 0 heteroatoms. The molecule has 0 amide bonds. The molecule has 0 spiro atoms. The quantitative estimate of drug-likeness (QED) is 0.179. The Kier molecular flexibility index (Phi) is 202. The Morgan fingerprint density at radius 1 is 0.152 bits per heavy atom. The summed E-state index contributed by atoms with van der Waals surface area (Å²) in [6.45, 7) is 40.5. The molecular formula is C46H88. The first-order valence-corrected chi connectivity index (χ1v) is 18.8. The maximum absolute atomic E-state index is 2.12. The van der Waals surface area contributed by atoms with Gasteiger partial charge in [0, 0.05) is 0 Å². The molecular weight excluding hydrogens is 553 g/mol. The van der Waals surface area contributed by atoms with Crippen LogP contribution in [0.2, 0.25) is 0 Å². The third-order valence-corrected chi connectivity index (χ3v) is 2.67. The number of hydrogen-bond donors (Lipinski definition) is 0. The van der Waals surface area contributed by atoms with Crippen LogP contribution in [0, 0.1) is 0 Å². The van der Waals surface area contributed by atoms with Crippen LogP contribution >= 0.6 is 0 Å². The normalized spacial score (nSPS) is 6.00. The lowest BCUT2D eigenvalue weighted by Crippen LogP contribution is -1.47. The molecule has 0 aromatic heterocycles. The molecule has 0 radical (unpaired) electrons. The van der Waals surface area contributed by atoms with Crippen molar-refractivity contribution in [3.63, 3.8) is 0 Å². The number of hydrogen-bond acceptors (Lipinski definition) is 0. The zero-order valence-corrected chi connectivity index (χ0v) is 35.3. The van der Waals surface area contributed by atoms with Crippen LogP contribution in [-0.2, 0) is 0 Å². The SMILES string of the molecule is CC.CC.CC.CC.CC.CC.CC.CC.CCC.CCC.c1ccccc1.c1ccccc1.c1ccccc1.c1ccccc1. The Labute approximate surface area is 296 Å². The van der Waals surface area contributed by atoms with Crippen molar-refractivity contribution in [1.82, 2.24) is 0 Å². The minimum atomic E-state index is 1.25. The van der Waals surface area contributed by atoms with Crippen LogP contribution in [0.4, 0.5) is 0 Å². The Bertz CT molecular complexity index is 442. The highest BCUT2D eigenvalue weighted by Crippen LogP contribution is 1.81. The van der Waals surface area contributed by atoms with E-state index >= 15 is 0 Å². The lowest BCUT2D eigenvalue weighted by Gasteiger charge is -1.69. The van der Waals surface area contributed by atoms with Crippen molar-refractivity contribution in [3.05, 3.63) is 146 Å². The van der Waals surface area contributed by atoms with E-state index in [4.69, 9.17) is 0 Å². The summed E-state index contributed by atoms with van der Waals surface area (Å²) in [6.07, 6.45) is 2.50. The Morgan fingerprint density at radius 2 is 0.174 bits per heavy atom. The van der Waals surface area contributed by atoms with Crippen LogP contribution in [0.15, 0.2) is 146 Å². The summed E-state index contributed by atoms with van der Waals surface area (Å²) < 4.78 is 0. The minimum Gasteiger partial charge on any atom is -0.0683 e. The van der Waals surface area contributed by atoms with Crippen LogP contribution in [0.3, 0.4) is 0 Å². The Balaban J connectivity index is -0.0000000394. The molecule has 0 saturated heterocycles. The van der Waals surface area contributed by atoms with E-state index in [0.717, 1.165) is 0 Å². The molecule has 0 saturated carbocycles. The van der Waals surface area contributed by atoms with Gasteiger partial charge in [-0.25, -0.2) is 0 Å². The fraction of sp³-hybridized carbons (Fsp3) is 0.478. The zero-order chi connectivity index (χ0) is 38.4. The Morgan fingerprint density at radius 3 is 0.196 bits per heavy atom. The van der Waals surface area contributed by atoms with Crippen molar-refractivity contribution < 1.29 is 0 Å². The topological polar surface area (TPSA) is 0 Å². The smallest absolute Gasteiger partial charge is 0.0590 e. The van der Waals surface area contributed by atoms with Crippen LogP contribution in [0.5, 0.6) is 0 Å². The predicted molar refractivity (Wildman–Crippen MR) is 228 cm³/mol. The molecule has 4 aromatic carbocycles. The molecule has 272 valence electrons. The third-order valence-electron chi connectivity index (χ3n) is 2.67.